The van der Waals surface area contributed by atoms with Crippen molar-refractivity contribution in [2.24, 2.45) is 0 Å². The lowest BCUT2D eigenvalue weighted by atomic mass is 10.5. The van der Waals surface area contributed by atoms with E-state index >= 15 is 0 Å². The topological polar surface area (TPSA) is 59.2 Å². The van der Waals surface area contributed by atoms with Crippen LogP contribution >= 0.6 is 0 Å². The summed E-state index contributed by atoms with van der Waals surface area (Å²) in [4.78, 5) is 0. The molecule has 0 aliphatic rings. The molecular weight excluding hydrogens is 200 g/mol. The van der Waals surface area contributed by atoms with E-state index < -0.39 is 8.56 Å². The predicted octanol–water partition coefficient (Wildman–Crippen LogP) is 1.27. The van der Waals surface area contributed by atoms with Crippen molar-refractivity contribution in [2.75, 3.05) is 20.8 Å². The van der Waals surface area contributed by atoms with Crippen LogP contribution in [0.5, 0.6) is 0 Å². The number of hydrogen-bond donors (Lipinski definition) is 0. The van der Waals surface area contributed by atoms with Gasteiger partial charge in [0.25, 0.3) is 0 Å². The summed E-state index contributed by atoms with van der Waals surface area (Å²) >= 11 is 0. The van der Waals surface area contributed by atoms with Gasteiger partial charge in [-0.1, -0.05) is 13.8 Å². The maximum atomic E-state index is 5.70. The molecule has 4 nitrogen and oxygen atoms in total. The normalized spacial score (nSPS) is 13.5. The molecular formula is C9H24O4Si. The molecule has 0 rings (SSSR count). The lowest BCUT2D eigenvalue weighted by molar-refractivity contribution is 0.0582. The molecule has 0 radical (unpaired) electrons. The Labute approximate surface area is 88.1 Å². The third-order valence-electron chi connectivity index (χ3n) is 2.29. The molecule has 0 aliphatic carbocycles. The molecule has 0 fully saturated rings. The zero-order valence-electron chi connectivity index (χ0n) is 9.92. The average molecular weight is 224 g/mol. The van der Waals surface area contributed by atoms with Crippen LogP contribution in [0.2, 0.25) is 6.55 Å². The standard InChI is InChI=1S/C9H22O3Si.H2O/c1-6-8-12-9(7-2)13(5,10-3)11-4;/h9H,6-8H2,1-5H3;1H2. The lowest BCUT2D eigenvalue weighted by Crippen LogP contribution is -2.50. The highest BCUT2D eigenvalue weighted by Crippen LogP contribution is 2.16. The second kappa shape index (κ2) is 8.37. The largest absolute Gasteiger partial charge is 0.412 e. The van der Waals surface area contributed by atoms with Crippen LogP contribution in [0, 0.1) is 0 Å². The second-order valence-electron chi connectivity index (χ2n) is 3.19. The molecule has 1 atom stereocenters. The van der Waals surface area contributed by atoms with E-state index in [1.165, 1.54) is 0 Å². The summed E-state index contributed by atoms with van der Waals surface area (Å²) in [5.74, 6) is 0. The Kier molecular flexibility index (Phi) is 9.86. The van der Waals surface area contributed by atoms with Crippen LogP contribution in [-0.2, 0) is 13.6 Å². The van der Waals surface area contributed by atoms with Crippen LogP contribution in [0.1, 0.15) is 26.7 Å². The van der Waals surface area contributed by atoms with E-state index in [1.807, 2.05) is 6.55 Å². The van der Waals surface area contributed by atoms with Crippen LogP contribution in [0.4, 0.5) is 0 Å². The summed E-state index contributed by atoms with van der Waals surface area (Å²) in [6.45, 7) is 7.03. The second-order valence-corrected chi connectivity index (χ2v) is 6.68. The first-order chi connectivity index (χ1) is 6.14. The van der Waals surface area contributed by atoms with Crippen LogP contribution in [0.25, 0.3) is 0 Å². The molecule has 0 spiro atoms. The fraction of sp³-hybridized carbons (Fsp3) is 1.00. The Hall–Kier alpha value is 0.0569. The van der Waals surface area contributed by atoms with Gasteiger partial charge in [-0.3, -0.25) is 0 Å². The van der Waals surface area contributed by atoms with Crippen molar-refractivity contribution in [1.29, 1.82) is 0 Å². The quantitative estimate of drug-likeness (QED) is 0.612. The third-order valence-corrected chi connectivity index (χ3v) is 5.66. The zero-order chi connectivity index (χ0) is 10.3. The minimum absolute atomic E-state index is 0. The van der Waals surface area contributed by atoms with Gasteiger partial charge in [0, 0.05) is 20.8 Å². The monoisotopic (exact) mass is 224 g/mol. The number of rotatable bonds is 7. The van der Waals surface area contributed by atoms with Crippen LogP contribution < -0.4 is 0 Å². The van der Waals surface area contributed by atoms with E-state index in [2.05, 4.69) is 13.8 Å². The van der Waals surface area contributed by atoms with Gasteiger partial charge in [0.2, 0.25) is 0 Å². The Bertz CT molecular complexity index is 128. The first kappa shape index (κ1) is 16.5. The van der Waals surface area contributed by atoms with E-state index in [0.29, 0.717) is 0 Å². The van der Waals surface area contributed by atoms with Crippen molar-refractivity contribution in [3.8, 4) is 0 Å². The maximum absolute atomic E-state index is 5.70. The van der Waals surface area contributed by atoms with Gasteiger partial charge in [-0.2, -0.15) is 0 Å². The molecule has 0 heterocycles. The molecule has 14 heavy (non-hydrogen) atoms. The smallest absolute Gasteiger partial charge is 0.364 e. The SMILES string of the molecule is CCCOC(CC)[Si](C)(OC)OC.O. The zero-order valence-corrected chi connectivity index (χ0v) is 10.9. The first-order valence-electron chi connectivity index (χ1n) is 4.86. The maximum Gasteiger partial charge on any atom is 0.364 e. The number of hydrogen-bond acceptors (Lipinski definition) is 3. The fourth-order valence-electron chi connectivity index (χ4n) is 1.25. The van der Waals surface area contributed by atoms with E-state index in [9.17, 15) is 0 Å². The molecule has 0 aromatic rings. The average Bonchev–Trinajstić information content (AvgIpc) is 2.18. The van der Waals surface area contributed by atoms with Crippen molar-refractivity contribution in [3.05, 3.63) is 0 Å². The van der Waals surface area contributed by atoms with Crippen LogP contribution in [0.15, 0.2) is 0 Å². The van der Waals surface area contributed by atoms with E-state index in [4.69, 9.17) is 13.6 Å². The Morgan fingerprint density at radius 3 is 1.93 bits per heavy atom. The molecule has 0 saturated heterocycles. The molecule has 1 unspecified atom stereocenters. The van der Waals surface area contributed by atoms with Gasteiger partial charge in [-0.25, -0.2) is 0 Å². The van der Waals surface area contributed by atoms with Gasteiger partial charge in [-0.05, 0) is 19.4 Å². The molecule has 5 heteroatoms. The van der Waals surface area contributed by atoms with Gasteiger partial charge >= 0.3 is 8.56 Å². The van der Waals surface area contributed by atoms with Crippen LogP contribution in [0.3, 0.4) is 0 Å². The van der Waals surface area contributed by atoms with Gasteiger partial charge < -0.3 is 19.1 Å². The van der Waals surface area contributed by atoms with Gasteiger partial charge in [0.1, 0.15) is 5.73 Å². The molecule has 2 N–H and O–H groups in total. The Morgan fingerprint density at radius 2 is 1.64 bits per heavy atom. The molecule has 0 amide bonds. The summed E-state index contributed by atoms with van der Waals surface area (Å²) < 4.78 is 16.6. The Morgan fingerprint density at radius 1 is 1.14 bits per heavy atom. The van der Waals surface area contributed by atoms with Gasteiger partial charge in [0.05, 0.1) is 0 Å². The van der Waals surface area contributed by atoms with Crippen molar-refractivity contribution >= 4 is 8.56 Å². The molecule has 0 aromatic heterocycles. The summed E-state index contributed by atoms with van der Waals surface area (Å²) in [6, 6.07) is 0. The van der Waals surface area contributed by atoms with Gasteiger partial charge in [-0.15, -0.1) is 0 Å². The molecule has 0 bridgehead atoms. The minimum atomic E-state index is -2.09. The van der Waals surface area contributed by atoms with E-state index in [-0.39, 0.29) is 11.2 Å². The first-order valence-corrected chi connectivity index (χ1v) is 7.25. The van der Waals surface area contributed by atoms with Crippen molar-refractivity contribution in [3.63, 3.8) is 0 Å². The predicted molar refractivity (Wildman–Crippen MR) is 59.6 cm³/mol. The fourth-order valence-corrected chi connectivity index (χ4v) is 3.10. The highest BCUT2D eigenvalue weighted by Gasteiger charge is 2.39. The van der Waals surface area contributed by atoms with Crippen LogP contribution in [-0.4, -0.2) is 40.6 Å². The summed E-state index contributed by atoms with van der Waals surface area (Å²) in [7, 11) is 1.32. The summed E-state index contributed by atoms with van der Waals surface area (Å²) in [6.07, 6.45) is 1.98. The van der Waals surface area contributed by atoms with Gasteiger partial charge in [0.15, 0.2) is 0 Å². The van der Waals surface area contributed by atoms with Crippen molar-refractivity contribution in [1.82, 2.24) is 0 Å². The highest BCUT2D eigenvalue weighted by atomic mass is 28.4. The molecule has 88 valence electrons. The summed E-state index contributed by atoms with van der Waals surface area (Å²) in [5.41, 5.74) is 0.141. The van der Waals surface area contributed by atoms with Crippen molar-refractivity contribution in [2.45, 2.75) is 39.0 Å². The Balaban J connectivity index is 0. The molecule has 0 aliphatic heterocycles. The molecule has 0 aromatic carbocycles. The highest BCUT2D eigenvalue weighted by molar-refractivity contribution is 6.67. The minimum Gasteiger partial charge on any atom is -0.412 e. The summed E-state index contributed by atoms with van der Waals surface area (Å²) in [5, 5.41) is 0. The number of ether oxygens (including phenoxy) is 1. The van der Waals surface area contributed by atoms with E-state index in [0.717, 1.165) is 19.4 Å². The molecule has 0 saturated carbocycles. The third kappa shape index (κ3) is 4.52. The van der Waals surface area contributed by atoms with Crippen molar-refractivity contribution < 1.29 is 19.1 Å². The lowest BCUT2D eigenvalue weighted by Gasteiger charge is -2.30. The van der Waals surface area contributed by atoms with E-state index in [1.54, 1.807) is 14.2 Å².